The zero-order chi connectivity index (χ0) is 18.1. The maximum atomic E-state index is 13.0. The number of amides is 3. The van der Waals surface area contributed by atoms with E-state index in [9.17, 15) is 14.0 Å². The second-order valence-electron chi connectivity index (χ2n) is 7.28. The van der Waals surface area contributed by atoms with Gasteiger partial charge in [-0.3, -0.25) is 14.6 Å². The number of benzene rings is 1. The van der Waals surface area contributed by atoms with E-state index in [2.05, 4.69) is 9.80 Å². The van der Waals surface area contributed by atoms with E-state index in [0.717, 1.165) is 64.2 Å². The number of urea groups is 1. The van der Waals surface area contributed by atoms with Gasteiger partial charge in [0, 0.05) is 45.0 Å². The molecule has 3 heterocycles. The Morgan fingerprint density at radius 2 is 1.69 bits per heavy atom. The van der Waals surface area contributed by atoms with E-state index >= 15 is 0 Å². The predicted molar refractivity (Wildman–Crippen MR) is 96.5 cm³/mol. The lowest BCUT2D eigenvalue weighted by Gasteiger charge is -2.36. The topological polar surface area (TPSA) is 47.1 Å². The van der Waals surface area contributed by atoms with Crippen LogP contribution in [0, 0.1) is 5.82 Å². The molecule has 0 aromatic heterocycles. The molecule has 0 radical (unpaired) electrons. The van der Waals surface area contributed by atoms with Crippen molar-refractivity contribution in [2.24, 2.45) is 0 Å². The van der Waals surface area contributed by atoms with Crippen molar-refractivity contribution in [3.8, 4) is 0 Å². The molecule has 0 aliphatic carbocycles. The maximum absolute atomic E-state index is 13.0. The first-order chi connectivity index (χ1) is 12.6. The van der Waals surface area contributed by atoms with Crippen LogP contribution in [-0.2, 0) is 4.79 Å². The van der Waals surface area contributed by atoms with E-state index in [1.54, 1.807) is 4.90 Å². The van der Waals surface area contributed by atoms with E-state index in [-0.39, 0.29) is 23.8 Å². The molecule has 3 aliphatic heterocycles. The van der Waals surface area contributed by atoms with E-state index in [1.165, 1.54) is 17.0 Å². The lowest BCUT2D eigenvalue weighted by Crippen LogP contribution is -2.47. The number of nitrogens with zero attached hydrogens (tertiary/aromatic N) is 4. The molecule has 3 fully saturated rings. The smallest absolute Gasteiger partial charge is 0.327 e. The van der Waals surface area contributed by atoms with Crippen molar-refractivity contribution in [2.75, 3.05) is 50.7 Å². The maximum Gasteiger partial charge on any atom is 0.327 e. The molecule has 3 amide bonds. The highest BCUT2D eigenvalue weighted by Gasteiger charge is 2.46. The van der Waals surface area contributed by atoms with Gasteiger partial charge in [0.2, 0.25) is 0 Å². The molecule has 1 aromatic carbocycles. The number of halogens is 1. The van der Waals surface area contributed by atoms with Crippen LogP contribution in [0.15, 0.2) is 24.3 Å². The van der Waals surface area contributed by atoms with Crippen molar-refractivity contribution in [1.29, 1.82) is 0 Å². The van der Waals surface area contributed by atoms with E-state index in [4.69, 9.17) is 0 Å². The molecule has 3 saturated heterocycles. The van der Waals surface area contributed by atoms with Gasteiger partial charge in [0.1, 0.15) is 11.9 Å². The van der Waals surface area contributed by atoms with Crippen LogP contribution in [0.1, 0.15) is 19.3 Å². The summed E-state index contributed by atoms with van der Waals surface area (Å²) in [6, 6.07) is 6.35. The molecule has 0 bridgehead atoms. The lowest BCUT2D eigenvalue weighted by molar-refractivity contribution is -0.128. The fraction of sp³-hybridized carbons (Fsp3) is 0.579. The number of piperazine rings is 1. The van der Waals surface area contributed by atoms with Gasteiger partial charge in [-0.15, -0.1) is 0 Å². The quantitative estimate of drug-likeness (QED) is 0.751. The normalized spacial score (nSPS) is 23.9. The van der Waals surface area contributed by atoms with E-state index in [0.29, 0.717) is 6.54 Å². The largest absolute Gasteiger partial charge is 0.369 e. The van der Waals surface area contributed by atoms with Crippen molar-refractivity contribution in [2.45, 2.75) is 25.3 Å². The Morgan fingerprint density at radius 3 is 2.38 bits per heavy atom. The van der Waals surface area contributed by atoms with Gasteiger partial charge in [-0.25, -0.2) is 9.18 Å². The van der Waals surface area contributed by atoms with Gasteiger partial charge >= 0.3 is 6.03 Å². The summed E-state index contributed by atoms with van der Waals surface area (Å²) in [4.78, 5) is 32.4. The summed E-state index contributed by atoms with van der Waals surface area (Å²) < 4.78 is 13.0. The SMILES string of the molecule is O=C1C2CCCN2C(=O)N1CCCN1CCN(c2ccc(F)cc2)CC1. The molecule has 6 nitrogen and oxygen atoms in total. The fourth-order valence-corrected chi connectivity index (χ4v) is 4.22. The Hall–Kier alpha value is -2.15. The van der Waals surface area contributed by atoms with Gasteiger partial charge in [-0.2, -0.15) is 0 Å². The van der Waals surface area contributed by atoms with Crippen LogP contribution in [0.3, 0.4) is 0 Å². The summed E-state index contributed by atoms with van der Waals surface area (Å²) in [5.74, 6) is -0.215. The van der Waals surface area contributed by atoms with Crippen molar-refractivity contribution in [3.05, 3.63) is 30.1 Å². The van der Waals surface area contributed by atoms with Crippen LogP contribution in [0.25, 0.3) is 0 Å². The second-order valence-corrected chi connectivity index (χ2v) is 7.28. The van der Waals surface area contributed by atoms with Crippen molar-refractivity contribution >= 4 is 17.6 Å². The average molecular weight is 360 g/mol. The Labute approximate surface area is 153 Å². The van der Waals surface area contributed by atoms with Crippen LogP contribution in [0.5, 0.6) is 0 Å². The fourth-order valence-electron chi connectivity index (χ4n) is 4.22. The molecule has 3 aliphatic rings. The summed E-state index contributed by atoms with van der Waals surface area (Å²) in [6.07, 6.45) is 2.56. The summed E-state index contributed by atoms with van der Waals surface area (Å²) >= 11 is 0. The number of imide groups is 1. The van der Waals surface area contributed by atoms with Crippen LogP contribution < -0.4 is 4.90 Å². The van der Waals surface area contributed by atoms with Gasteiger partial charge in [0.15, 0.2) is 0 Å². The third-order valence-corrected chi connectivity index (χ3v) is 5.70. The van der Waals surface area contributed by atoms with Crippen molar-refractivity contribution in [1.82, 2.24) is 14.7 Å². The summed E-state index contributed by atoms with van der Waals surface area (Å²) in [7, 11) is 0. The van der Waals surface area contributed by atoms with E-state index < -0.39 is 0 Å². The van der Waals surface area contributed by atoms with E-state index in [1.807, 2.05) is 12.1 Å². The molecule has 4 rings (SSSR count). The van der Waals surface area contributed by atoms with Gasteiger partial charge in [-0.1, -0.05) is 0 Å². The highest BCUT2D eigenvalue weighted by atomic mass is 19.1. The molecule has 1 atom stereocenters. The second kappa shape index (κ2) is 7.23. The molecule has 140 valence electrons. The van der Waals surface area contributed by atoms with Crippen molar-refractivity contribution < 1.29 is 14.0 Å². The highest BCUT2D eigenvalue weighted by molar-refractivity contribution is 6.04. The van der Waals surface area contributed by atoms with Crippen LogP contribution in [0.2, 0.25) is 0 Å². The van der Waals surface area contributed by atoms with Gasteiger partial charge in [0.25, 0.3) is 5.91 Å². The lowest BCUT2D eigenvalue weighted by atomic mass is 10.2. The third kappa shape index (κ3) is 3.28. The molecule has 0 spiro atoms. The minimum absolute atomic E-state index is 0.00590. The first-order valence-electron chi connectivity index (χ1n) is 9.48. The first kappa shape index (κ1) is 17.3. The Morgan fingerprint density at radius 1 is 0.962 bits per heavy atom. The van der Waals surface area contributed by atoms with Gasteiger partial charge in [0.05, 0.1) is 0 Å². The van der Waals surface area contributed by atoms with Gasteiger partial charge in [-0.05, 0) is 50.1 Å². The number of rotatable bonds is 5. The average Bonchev–Trinajstić information content (AvgIpc) is 3.22. The molecular formula is C19H25FN4O2. The minimum Gasteiger partial charge on any atom is -0.369 e. The number of hydrogen-bond donors (Lipinski definition) is 0. The predicted octanol–water partition coefficient (Wildman–Crippen LogP) is 1.76. The number of carbonyl (C=O) groups is 2. The van der Waals surface area contributed by atoms with Gasteiger partial charge < -0.3 is 9.80 Å². The first-order valence-corrected chi connectivity index (χ1v) is 9.48. The molecule has 1 unspecified atom stereocenters. The molecule has 7 heteroatoms. The number of anilines is 1. The third-order valence-electron chi connectivity index (χ3n) is 5.70. The Kier molecular flexibility index (Phi) is 4.80. The standard InChI is InChI=1S/C19H25FN4O2/c20-15-4-6-16(7-5-15)22-13-11-21(12-14-22)8-2-10-24-18(25)17-3-1-9-23(17)19(24)26/h4-7,17H,1-3,8-14H2. The monoisotopic (exact) mass is 360 g/mol. The minimum atomic E-state index is -0.209. The van der Waals surface area contributed by atoms with Crippen LogP contribution in [-0.4, -0.2) is 78.5 Å². The molecule has 1 aromatic rings. The summed E-state index contributed by atoms with van der Waals surface area (Å²) in [5.41, 5.74) is 1.06. The van der Waals surface area contributed by atoms with Crippen molar-refractivity contribution in [3.63, 3.8) is 0 Å². The zero-order valence-corrected chi connectivity index (χ0v) is 14.9. The molecular weight excluding hydrogens is 335 g/mol. The molecule has 0 N–H and O–H groups in total. The molecule has 0 saturated carbocycles. The van der Waals surface area contributed by atoms with Crippen LogP contribution in [0.4, 0.5) is 14.9 Å². The number of carbonyl (C=O) groups excluding carboxylic acids is 2. The Balaban J connectivity index is 1.21. The molecule has 26 heavy (non-hydrogen) atoms. The Bertz CT molecular complexity index is 651. The summed E-state index contributed by atoms with van der Waals surface area (Å²) in [6.45, 7) is 5.81. The number of hydrogen-bond acceptors (Lipinski definition) is 4. The van der Waals surface area contributed by atoms with Crippen LogP contribution >= 0.6 is 0 Å². The summed E-state index contributed by atoms with van der Waals surface area (Å²) in [5, 5.41) is 0. The zero-order valence-electron chi connectivity index (χ0n) is 14.9. The highest BCUT2D eigenvalue weighted by Crippen LogP contribution is 2.27. The number of fused-ring (bicyclic) bond motifs is 1.